The monoisotopic (exact) mass is 238 g/mol. The Labute approximate surface area is 98.1 Å². The Morgan fingerprint density at radius 1 is 1.44 bits per heavy atom. The average molecular weight is 239 g/mol. The van der Waals surface area contributed by atoms with Gasteiger partial charge in [0.2, 0.25) is 0 Å². The summed E-state index contributed by atoms with van der Waals surface area (Å²) in [7, 11) is 0. The molecule has 16 heavy (non-hydrogen) atoms. The second kappa shape index (κ2) is 4.61. The lowest BCUT2D eigenvalue weighted by Gasteiger charge is -2.05. The molecule has 1 unspecified atom stereocenters. The fourth-order valence-electron chi connectivity index (χ4n) is 1.81. The number of benzene rings is 1. The van der Waals surface area contributed by atoms with Gasteiger partial charge in [0.25, 0.3) is 5.69 Å². The quantitative estimate of drug-likeness (QED) is 0.462. The van der Waals surface area contributed by atoms with Gasteiger partial charge in [0.1, 0.15) is 0 Å². The lowest BCUT2D eigenvalue weighted by Crippen LogP contribution is -1.92. The van der Waals surface area contributed by atoms with Gasteiger partial charge in [0.05, 0.1) is 16.8 Å². The highest BCUT2D eigenvalue weighted by molar-refractivity contribution is 6.28. The number of halogens is 1. The van der Waals surface area contributed by atoms with Gasteiger partial charge < -0.3 is 0 Å². The van der Waals surface area contributed by atoms with Gasteiger partial charge in [-0.3, -0.25) is 15.1 Å². The van der Waals surface area contributed by atoms with Crippen molar-refractivity contribution >= 4 is 23.0 Å². The van der Waals surface area contributed by atoms with E-state index in [-0.39, 0.29) is 11.7 Å². The highest BCUT2D eigenvalue weighted by Gasteiger charge is 2.19. The van der Waals surface area contributed by atoms with Crippen LogP contribution in [0, 0.1) is 10.1 Å². The molecule has 0 N–H and O–H groups in total. The van der Waals surface area contributed by atoms with Gasteiger partial charge >= 0.3 is 0 Å². The third-order valence-corrected chi connectivity index (χ3v) is 3.00. The molecular weight excluding hydrogens is 228 g/mol. The predicted molar refractivity (Wildman–Crippen MR) is 63.2 cm³/mol. The van der Waals surface area contributed by atoms with Gasteiger partial charge in [-0.05, 0) is 18.4 Å². The van der Waals surface area contributed by atoms with E-state index in [0.29, 0.717) is 5.88 Å². The number of non-ortho nitro benzene ring substituents is 1. The van der Waals surface area contributed by atoms with Crippen LogP contribution in [0.4, 0.5) is 5.69 Å². The zero-order valence-corrected chi connectivity index (χ0v) is 9.35. The van der Waals surface area contributed by atoms with Crippen LogP contribution in [0.15, 0.2) is 29.3 Å². The minimum atomic E-state index is -0.397. The zero-order chi connectivity index (χ0) is 11.5. The van der Waals surface area contributed by atoms with E-state index in [1.165, 1.54) is 12.1 Å². The smallest absolute Gasteiger partial charge is 0.269 e. The van der Waals surface area contributed by atoms with E-state index in [1.54, 1.807) is 12.1 Å². The maximum Gasteiger partial charge on any atom is 0.269 e. The van der Waals surface area contributed by atoms with Gasteiger partial charge in [-0.1, -0.05) is 12.1 Å². The standard InChI is InChI=1S/C11H11ClN2O2/c12-7-9-3-6-11(13-9)8-1-4-10(5-2-8)14(15)16/h1-2,4-5,11H,3,6-7H2. The molecule has 0 radical (unpaired) electrons. The zero-order valence-electron chi connectivity index (χ0n) is 8.60. The van der Waals surface area contributed by atoms with Gasteiger partial charge in [-0.25, -0.2) is 0 Å². The van der Waals surface area contributed by atoms with Crippen LogP contribution in [0.1, 0.15) is 24.4 Å². The summed E-state index contributed by atoms with van der Waals surface area (Å²) in [5, 5.41) is 10.5. The number of alkyl halides is 1. The molecule has 1 aliphatic rings. The Hall–Kier alpha value is -1.42. The Kier molecular flexibility index (Phi) is 3.19. The van der Waals surface area contributed by atoms with E-state index in [9.17, 15) is 10.1 Å². The summed E-state index contributed by atoms with van der Waals surface area (Å²) in [5.74, 6) is 0.476. The van der Waals surface area contributed by atoms with Crippen LogP contribution < -0.4 is 0 Å². The van der Waals surface area contributed by atoms with E-state index >= 15 is 0 Å². The molecule has 5 heteroatoms. The maximum absolute atomic E-state index is 10.5. The first-order chi connectivity index (χ1) is 7.70. The Morgan fingerprint density at radius 2 is 2.12 bits per heavy atom. The molecule has 1 aromatic carbocycles. The number of aliphatic imine (C=N–C) groups is 1. The molecule has 2 rings (SSSR count). The molecule has 0 bridgehead atoms. The first-order valence-electron chi connectivity index (χ1n) is 5.06. The molecule has 1 atom stereocenters. The molecular formula is C11H11ClN2O2. The van der Waals surface area contributed by atoms with Gasteiger partial charge in [-0.2, -0.15) is 0 Å². The average Bonchev–Trinajstić information content (AvgIpc) is 2.77. The lowest BCUT2D eigenvalue weighted by atomic mass is 10.0. The van der Waals surface area contributed by atoms with Crippen LogP contribution in [0.25, 0.3) is 0 Å². The van der Waals surface area contributed by atoms with Crippen molar-refractivity contribution in [1.29, 1.82) is 0 Å². The largest absolute Gasteiger partial charge is 0.285 e. The number of hydrogen-bond acceptors (Lipinski definition) is 3. The number of hydrogen-bond donors (Lipinski definition) is 0. The summed E-state index contributed by atoms with van der Waals surface area (Å²) < 4.78 is 0. The number of rotatable bonds is 3. The molecule has 0 aliphatic carbocycles. The molecule has 0 saturated heterocycles. The summed E-state index contributed by atoms with van der Waals surface area (Å²) in [6.45, 7) is 0. The summed E-state index contributed by atoms with van der Waals surface area (Å²) >= 11 is 5.71. The molecule has 0 saturated carbocycles. The second-order valence-corrected chi connectivity index (χ2v) is 4.00. The minimum absolute atomic E-state index is 0.114. The van der Waals surface area contributed by atoms with Gasteiger partial charge in [-0.15, -0.1) is 11.6 Å². The second-order valence-electron chi connectivity index (χ2n) is 3.73. The third kappa shape index (κ3) is 2.22. The van der Waals surface area contributed by atoms with E-state index in [1.807, 2.05) is 0 Å². The number of nitro groups is 1. The van der Waals surface area contributed by atoms with Crippen LogP contribution in [-0.2, 0) is 0 Å². The summed E-state index contributed by atoms with van der Waals surface area (Å²) in [6.07, 6.45) is 1.87. The molecule has 1 aromatic rings. The molecule has 0 amide bonds. The summed E-state index contributed by atoms with van der Waals surface area (Å²) in [6, 6.07) is 6.69. The van der Waals surface area contributed by atoms with Crippen molar-refractivity contribution in [1.82, 2.24) is 0 Å². The van der Waals surface area contributed by atoms with Gasteiger partial charge in [0.15, 0.2) is 0 Å². The summed E-state index contributed by atoms with van der Waals surface area (Å²) in [4.78, 5) is 14.6. The van der Waals surface area contributed by atoms with Crippen molar-refractivity contribution in [3.8, 4) is 0 Å². The lowest BCUT2D eigenvalue weighted by molar-refractivity contribution is -0.384. The summed E-state index contributed by atoms with van der Waals surface area (Å²) in [5.41, 5.74) is 2.15. The first kappa shape index (κ1) is 11.1. The topological polar surface area (TPSA) is 55.5 Å². The normalized spacial score (nSPS) is 19.6. The molecule has 1 aliphatic heterocycles. The highest BCUT2D eigenvalue weighted by atomic mass is 35.5. The first-order valence-corrected chi connectivity index (χ1v) is 5.60. The predicted octanol–water partition coefficient (Wildman–Crippen LogP) is 3.11. The molecule has 0 fully saturated rings. The molecule has 0 aromatic heterocycles. The molecule has 4 nitrogen and oxygen atoms in total. The van der Waals surface area contributed by atoms with E-state index < -0.39 is 4.92 Å². The SMILES string of the molecule is O=[N+]([O-])c1ccc(C2CCC(CCl)=N2)cc1. The third-order valence-electron chi connectivity index (χ3n) is 2.69. The van der Waals surface area contributed by atoms with Crippen LogP contribution >= 0.6 is 11.6 Å². The number of nitro benzene ring substituents is 1. The van der Waals surface area contributed by atoms with Crippen molar-refractivity contribution in [3.63, 3.8) is 0 Å². The van der Waals surface area contributed by atoms with Crippen molar-refractivity contribution in [3.05, 3.63) is 39.9 Å². The Bertz CT molecular complexity index is 428. The van der Waals surface area contributed by atoms with Crippen LogP contribution in [0.5, 0.6) is 0 Å². The molecule has 84 valence electrons. The fraction of sp³-hybridized carbons (Fsp3) is 0.364. The Morgan fingerprint density at radius 3 is 2.62 bits per heavy atom. The van der Waals surface area contributed by atoms with Gasteiger partial charge in [0, 0.05) is 17.8 Å². The molecule has 1 heterocycles. The van der Waals surface area contributed by atoms with E-state index in [4.69, 9.17) is 11.6 Å². The Balaban J connectivity index is 2.17. The molecule has 0 spiro atoms. The van der Waals surface area contributed by atoms with Crippen molar-refractivity contribution in [2.75, 3.05) is 5.88 Å². The minimum Gasteiger partial charge on any atom is -0.285 e. The fourth-order valence-corrected chi connectivity index (χ4v) is 2.02. The van der Waals surface area contributed by atoms with Crippen molar-refractivity contribution in [2.24, 2.45) is 4.99 Å². The number of nitrogens with zero attached hydrogens (tertiary/aromatic N) is 2. The van der Waals surface area contributed by atoms with Crippen molar-refractivity contribution in [2.45, 2.75) is 18.9 Å². The van der Waals surface area contributed by atoms with E-state index in [2.05, 4.69) is 4.99 Å². The van der Waals surface area contributed by atoms with Crippen LogP contribution in [0.3, 0.4) is 0 Å². The van der Waals surface area contributed by atoms with Crippen LogP contribution in [0.2, 0.25) is 0 Å². The van der Waals surface area contributed by atoms with Crippen molar-refractivity contribution < 1.29 is 4.92 Å². The maximum atomic E-state index is 10.5. The van der Waals surface area contributed by atoms with Crippen LogP contribution in [-0.4, -0.2) is 16.5 Å². The van der Waals surface area contributed by atoms with E-state index in [0.717, 1.165) is 24.1 Å². The highest BCUT2D eigenvalue weighted by Crippen LogP contribution is 2.30.